The minimum atomic E-state index is -0.576. The van der Waals surface area contributed by atoms with Crippen molar-refractivity contribution in [3.05, 3.63) is 99.0 Å². The molecule has 2 heterocycles. The molecular formula is C31H33BrF2N4O2. The van der Waals surface area contributed by atoms with E-state index in [4.69, 9.17) is 0 Å². The lowest BCUT2D eigenvalue weighted by atomic mass is 9.96. The molecule has 5 rings (SSSR count). The van der Waals surface area contributed by atoms with Gasteiger partial charge in [-0.1, -0.05) is 40.2 Å². The predicted molar refractivity (Wildman–Crippen MR) is 155 cm³/mol. The third kappa shape index (κ3) is 6.05. The van der Waals surface area contributed by atoms with Crippen molar-refractivity contribution < 1.29 is 18.4 Å². The molecule has 40 heavy (non-hydrogen) atoms. The van der Waals surface area contributed by atoms with Crippen molar-refractivity contribution in [2.24, 2.45) is 0 Å². The molecule has 2 aliphatic rings. The Morgan fingerprint density at radius 1 is 0.875 bits per heavy atom. The van der Waals surface area contributed by atoms with Gasteiger partial charge in [0.15, 0.2) is 0 Å². The van der Waals surface area contributed by atoms with Crippen molar-refractivity contribution in [1.82, 2.24) is 15.1 Å². The molecule has 2 fully saturated rings. The highest BCUT2D eigenvalue weighted by Gasteiger charge is 2.34. The highest BCUT2D eigenvalue weighted by atomic mass is 79.9. The number of hydrogen-bond donors (Lipinski definition) is 1. The van der Waals surface area contributed by atoms with E-state index in [-0.39, 0.29) is 29.6 Å². The van der Waals surface area contributed by atoms with Crippen LogP contribution in [0.15, 0.2) is 65.1 Å². The topological polar surface area (TPSA) is 55.9 Å². The summed E-state index contributed by atoms with van der Waals surface area (Å²) in [7, 11) is 0. The van der Waals surface area contributed by atoms with Gasteiger partial charge in [-0.3, -0.25) is 9.69 Å². The van der Waals surface area contributed by atoms with Crippen LogP contribution in [0.25, 0.3) is 0 Å². The second kappa shape index (κ2) is 12.1. The molecule has 0 spiro atoms. The number of anilines is 1. The van der Waals surface area contributed by atoms with E-state index < -0.39 is 6.04 Å². The highest BCUT2D eigenvalue weighted by molar-refractivity contribution is 9.10. The minimum absolute atomic E-state index is 0.0838. The van der Waals surface area contributed by atoms with Crippen LogP contribution in [-0.4, -0.2) is 60.5 Å². The highest BCUT2D eigenvalue weighted by Crippen LogP contribution is 2.32. The molecule has 1 atom stereocenters. The number of benzene rings is 3. The summed E-state index contributed by atoms with van der Waals surface area (Å²) in [4.78, 5) is 32.5. The summed E-state index contributed by atoms with van der Waals surface area (Å²) in [5.74, 6) is -0.715. The molecule has 9 heteroatoms. The molecule has 0 aromatic heterocycles. The Morgan fingerprint density at radius 3 is 1.93 bits per heavy atom. The van der Waals surface area contributed by atoms with Gasteiger partial charge in [-0.25, -0.2) is 13.6 Å². The molecule has 0 aliphatic carbocycles. The SMILES string of the molecule is Cc1cc(Br)cc(C)c1N1CCCC(NC(=O)N2CCN(C(c3ccc(F)cc3)c3ccc(F)cc3)CC2)C1=O. The summed E-state index contributed by atoms with van der Waals surface area (Å²) in [5.41, 5.74) is 4.74. The number of hydrogen-bond acceptors (Lipinski definition) is 3. The fraction of sp³-hybridized carbons (Fsp3) is 0.355. The van der Waals surface area contributed by atoms with E-state index in [2.05, 4.69) is 26.1 Å². The second-order valence-corrected chi connectivity index (χ2v) is 11.5. The normalized spacial score (nSPS) is 18.4. The van der Waals surface area contributed by atoms with Crippen LogP contribution in [0, 0.1) is 25.5 Å². The summed E-state index contributed by atoms with van der Waals surface area (Å²) >= 11 is 3.52. The molecule has 0 saturated carbocycles. The molecule has 3 amide bonds. The Balaban J connectivity index is 1.25. The number of carbonyl (C=O) groups excluding carboxylic acids is 2. The predicted octanol–water partition coefficient (Wildman–Crippen LogP) is 5.96. The zero-order chi connectivity index (χ0) is 28.4. The van der Waals surface area contributed by atoms with Gasteiger partial charge in [0.25, 0.3) is 0 Å². The smallest absolute Gasteiger partial charge is 0.318 e. The van der Waals surface area contributed by atoms with E-state index >= 15 is 0 Å². The summed E-state index contributed by atoms with van der Waals surface area (Å²) in [6.07, 6.45) is 1.41. The summed E-state index contributed by atoms with van der Waals surface area (Å²) in [5, 5.41) is 2.99. The lowest BCUT2D eigenvalue weighted by molar-refractivity contribution is -0.121. The third-order valence-electron chi connectivity index (χ3n) is 7.80. The molecule has 6 nitrogen and oxygen atoms in total. The number of aryl methyl sites for hydroxylation is 2. The molecular weight excluding hydrogens is 578 g/mol. The quantitative estimate of drug-likeness (QED) is 0.388. The first-order chi connectivity index (χ1) is 19.2. The lowest BCUT2D eigenvalue weighted by Gasteiger charge is -2.40. The number of urea groups is 1. The maximum Gasteiger partial charge on any atom is 0.318 e. The Bertz CT molecular complexity index is 1310. The van der Waals surface area contributed by atoms with Gasteiger partial charge >= 0.3 is 6.03 Å². The van der Waals surface area contributed by atoms with E-state index in [1.54, 1.807) is 34.1 Å². The summed E-state index contributed by atoms with van der Waals surface area (Å²) in [6, 6.07) is 15.7. The average molecular weight is 612 g/mol. The van der Waals surface area contributed by atoms with Crippen LogP contribution >= 0.6 is 15.9 Å². The van der Waals surface area contributed by atoms with Crippen molar-refractivity contribution in [3.63, 3.8) is 0 Å². The lowest BCUT2D eigenvalue weighted by Crippen LogP contribution is -2.58. The third-order valence-corrected chi connectivity index (χ3v) is 8.26. The summed E-state index contributed by atoms with van der Waals surface area (Å²) in [6.45, 7) is 6.71. The van der Waals surface area contributed by atoms with Gasteiger partial charge in [0.2, 0.25) is 5.91 Å². The van der Waals surface area contributed by atoms with Crippen molar-refractivity contribution in [2.75, 3.05) is 37.6 Å². The van der Waals surface area contributed by atoms with Gasteiger partial charge < -0.3 is 15.1 Å². The standard InChI is InChI=1S/C31H33BrF2N4O2/c1-20-18-24(32)19-21(2)28(20)38-13-3-4-27(30(38)39)35-31(40)37-16-14-36(15-17-37)29(22-5-9-25(33)10-6-22)23-7-11-26(34)12-8-23/h5-12,18-19,27,29H,3-4,13-17H2,1-2H3,(H,35,40). The number of piperidine rings is 1. The first-order valence-corrected chi connectivity index (χ1v) is 14.4. The fourth-order valence-corrected chi connectivity index (χ4v) is 6.57. The van der Waals surface area contributed by atoms with E-state index in [1.165, 1.54) is 24.3 Å². The van der Waals surface area contributed by atoms with Crippen LogP contribution in [0.2, 0.25) is 0 Å². The second-order valence-electron chi connectivity index (χ2n) is 10.6. The number of halogens is 3. The summed E-state index contributed by atoms with van der Waals surface area (Å²) < 4.78 is 28.3. The molecule has 1 unspecified atom stereocenters. The van der Waals surface area contributed by atoms with Gasteiger partial charge in [0.1, 0.15) is 17.7 Å². The number of nitrogens with zero attached hydrogens (tertiary/aromatic N) is 3. The number of carbonyl (C=O) groups is 2. The average Bonchev–Trinajstić information content (AvgIpc) is 2.93. The number of piperazine rings is 1. The molecule has 1 N–H and O–H groups in total. The Kier molecular flexibility index (Phi) is 8.51. The fourth-order valence-electron chi connectivity index (χ4n) is 5.89. The zero-order valence-electron chi connectivity index (χ0n) is 22.7. The Hall–Kier alpha value is -3.30. The monoisotopic (exact) mass is 610 g/mol. The van der Waals surface area contributed by atoms with E-state index in [0.717, 1.165) is 38.8 Å². The van der Waals surface area contributed by atoms with Crippen LogP contribution in [0.3, 0.4) is 0 Å². The molecule has 2 saturated heterocycles. The Morgan fingerprint density at radius 2 is 1.40 bits per heavy atom. The van der Waals surface area contributed by atoms with Gasteiger partial charge in [0.05, 0.1) is 6.04 Å². The van der Waals surface area contributed by atoms with E-state index in [0.29, 0.717) is 39.1 Å². The van der Waals surface area contributed by atoms with Crippen molar-refractivity contribution >= 4 is 33.6 Å². The zero-order valence-corrected chi connectivity index (χ0v) is 24.3. The van der Waals surface area contributed by atoms with Gasteiger partial charge in [0, 0.05) is 42.9 Å². The minimum Gasteiger partial charge on any atom is -0.326 e. The molecule has 3 aromatic rings. The van der Waals surface area contributed by atoms with Crippen LogP contribution in [-0.2, 0) is 4.79 Å². The van der Waals surface area contributed by atoms with E-state index in [9.17, 15) is 18.4 Å². The van der Waals surface area contributed by atoms with Crippen LogP contribution < -0.4 is 10.2 Å². The molecule has 2 aliphatic heterocycles. The first-order valence-electron chi connectivity index (χ1n) is 13.6. The number of amides is 3. The van der Waals surface area contributed by atoms with Crippen molar-refractivity contribution in [3.8, 4) is 0 Å². The van der Waals surface area contributed by atoms with Crippen molar-refractivity contribution in [1.29, 1.82) is 0 Å². The maximum absolute atomic E-state index is 13.6. The van der Waals surface area contributed by atoms with Crippen molar-refractivity contribution in [2.45, 2.75) is 38.8 Å². The molecule has 0 radical (unpaired) electrons. The van der Waals surface area contributed by atoms with Crippen LogP contribution in [0.4, 0.5) is 19.3 Å². The Labute approximate surface area is 242 Å². The number of nitrogens with one attached hydrogen (secondary N) is 1. The van der Waals surface area contributed by atoms with Crippen LogP contribution in [0.1, 0.15) is 41.1 Å². The number of rotatable bonds is 5. The van der Waals surface area contributed by atoms with Gasteiger partial charge in [-0.2, -0.15) is 0 Å². The van der Waals surface area contributed by atoms with Crippen LogP contribution in [0.5, 0.6) is 0 Å². The molecule has 0 bridgehead atoms. The first kappa shape index (κ1) is 28.2. The van der Waals surface area contributed by atoms with Gasteiger partial charge in [-0.15, -0.1) is 0 Å². The maximum atomic E-state index is 13.6. The molecule has 210 valence electrons. The van der Waals surface area contributed by atoms with Gasteiger partial charge in [-0.05, 0) is 85.3 Å². The van der Waals surface area contributed by atoms with E-state index in [1.807, 2.05) is 26.0 Å². The molecule has 3 aromatic carbocycles. The largest absolute Gasteiger partial charge is 0.326 e.